The minimum atomic E-state index is 0.438. The monoisotopic (exact) mass is 425 g/mol. The zero-order valence-electron chi connectivity index (χ0n) is 19.1. The molecule has 0 unspecified atom stereocenters. The lowest BCUT2D eigenvalue weighted by Crippen LogP contribution is -3.28. The van der Waals surface area contributed by atoms with Crippen molar-refractivity contribution in [1.29, 1.82) is 0 Å². The van der Waals surface area contributed by atoms with Crippen LogP contribution in [0.15, 0.2) is 91.1 Å². The maximum atomic E-state index is 2.45. The van der Waals surface area contributed by atoms with Crippen LogP contribution in [0.3, 0.4) is 0 Å². The van der Waals surface area contributed by atoms with Crippen LogP contribution in [0.2, 0.25) is 0 Å². The van der Waals surface area contributed by atoms with Crippen LogP contribution in [-0.2, 0) is 6.54 Å². The second-order valence-electron chi connectivity index (χ2n) is 9.29. The average Bonchev–Trinajstić information content (AvgIpc) is 3.17. The highest BCUT2D eigenvalue weighted by molar-refractivity contribution is 5.83. The number of para-hydroxylation sites is 1. The molecule has 0 radical (unpaired) electrons. The van der Waals surface area contributed by atoms with Crippen LogP contribution >= 0.6 is 0 Å². The minimum Gasteiger partial charge on any atom is -0.347 e. The predicted octanol–water partition coefficient (Wildman–Crippen LogP) is 2.91. The molecule has 1 aromatic heterocycles. The first-order valence-electron chi connectivity index (χ1n) is 12.1. The van der Waals surface area contributed by atoms with Crippen molar-refractivity contribution in [2.75, 3.05) is 32.7 Å². The van der Waals surface area contributed by atoms with Crippen molar-refractivity contribution in [2.24, 2.45) is 0 Å². The highest BCUT2D eigenvalue weighted by atomic mass is 15.3. The molecule has 4 aromatic rings. The molecule has 0 spiro atoms. The quantitative estimate of drug-likeness (QED) is 0.452. The van der Waals surface area contributed by atoms with E-state index in [0.717, 1.165) is 6.54 Å². The summed E-state index contributed by atoms with van der Waals surface area (Å²) in [4.78, 5) is 3.47. The van der Waals surface area contributed by atoms with Gasteiger partial charge in [-0.3, -0.25) is 0 Å². The van der Waals surface area contributed by atoms with Crippen molar-refractivity contribution < 1.29 is 9.80 Å². The first-order chi connectivity index (χ1) is 15.8. The standard InChI is InChI=1S/C29H33N3/c1-24-23-32(28-16-9-8-15-27(24)28)18-10-17-30-19-21-31(22-20-30)29(25-11-4-2-5-12-25)26-13-6-3-7-14-26/h2-9,11-16,23,29H,10,17-22H2,1H3/p+2. The zero-order chi connectivity index (χ0) is 21.8. The number of aromatic nitrogens is 1. The van der Waals surface area contributed by atoms with E-state index in [1.165, 1.54) is 66.7 Å². The van der Waals surface area contributed by atoms with Crippen molar-refractivity contribution in [2.45, 2.75) is 25.9 Å². The number of rotatable bonds is 7. The van der Waals surface area contributed by atoms with Crippen LogP contribution in [0.4, 0.5) is 0 Å². The third-order valence-electron chi connectivity index (χ3n) is 7.19. The maximum Gasteiger partial charge on any atom is 0.139 e. The Hall–Kier alpha value is -2.88. The SMILES string of the molecule is Cc1cn(CCC[NH+]2CC[NH+](C(c3ccccc3)c3ccccc3)CC2)c2ccccc12. The summed E-state index contributed by atoms with van der Waals surface area (Å²) in [6.45, 7) is 9.59. The Labute approximate surface area is 191 Å². The molecule has 1 aliphatic heterocycles. The summed E-state index contributed by atoms with van der Waals surface area (Å²) in [6.07, 6.45) is 3.57. The first kappa shape index (κ1) is 21.0. The van der Waals surface area contributed by atoms with Crippen molar-refractivity contribution >= 4 is 10.9 Å². The average molecular weight is 426 g/mol. The summed E-state index contributed by atoms with van der Waals surface area (Å²) in [5, 5.41) is 1.39. The van der Waals surface area contributed by atoms with Crippen molar-refractivity contribution in [1.82, 2.24) is 4.57 Å². The molecule has 2 N–H and O–H groups in total. The third-order valence-corrected chi connectivity index (χ3v) is 7.19. The lowest BCUT2D eigenvalue weighted by molar-refractivity contribution is -1.02. The lowest BCUT2D eigenvalue weighted by Gasteiger charge is -2.35. The van der Waals surface area contributed by atoms with Crippen LogP contribution in [0.1, 0.15) is 29.2 Å². The minimum absolute atomic E-state index is 0.438. The molecule has 2 heterocycles. The molecule has 0 amide bonds. The molecule has 3 heteroatoms. The van der Waals surface area contributed by atoms with Crippen LogP contribution in [0.25, 0.3) is 10.9 Å². The van der Waals surface area contributed by atoms with Gasteiger partial charge in [-0.05, 0) is 18.6 Å². The zero-order valence-corrected chi connectivity index (χ0v) is 19.1. The van der Waals surface area contributed by atoms with E-state index in [-0.39, 0.29) is 0 Å². The second kappa shape index (κ2) is 9.72. The number of fused-ring (bicyclic) bond motifs is 1. The molecule has 0 aliphatic carbocycles. The van der Waals surface area contributed by atoms with Crippen LogP contribution in [0.5, 0.6) is 0 Å². The number of nitrogens with one attached hydrogen (secondary N) is 2. The van der Waals surface area contributed by atoms with Gasteiger partial charge in [0.05, 0.1) is 6.54 Å². The van der Waals surface area contributed by atoms with E-state index >= 15 is 0 Å². The van der Waals surface area contributed by atoms with Gasteiger partial charge in [0, 0.05) is 41.2 Å². The molecule has 0 atom stereocenters. The van der Waals surface area contributed by atoms with E-state index in [9.17, 15) is 0 Å². The summed E-state index contributed by atoms with van der Waals surface area (Å²) in [5.41, 5.74) is 5.64. The summed E-state index contributed by atoms with van der Waals surface area (Å²) >= 11 is 0. The molecule has 1 saturated heterocycles. The number of aryl methyl sites for hydroxylation is 2. The second-order valence-corrected chi connectivity index (χ2v) is 9.29. The van der Waals surface area contributed by atoms with E-state index in [1.807, 2.05) is 0 Å². The number of hydrogen-bond acceptors (Lipinski definition) is 0. The Kier molecular flexibility index (Phi) is 6.38. The van der Waals surface area contributed by atoms with Gasteiger partial charge in [0.15, 0.2) is 0 Å². The van der Waals surface area contributed by atoms with Gasteiger partial charge in [0.25, 0.3) is 0 Å². The summed E-state index contributed by atoms with van der Waals surface area (Å²) < 4.78 is 2.45. The van der Waals surface area contributed by atoms with E-state index in [2.05, 4.69) is 103 Å². The molecule has 0 saturated carbocycles. The fraction of sp³-hybridized carbons (Fsp3) is 0.310. The first-order valence-corrected chi connectivity index (χ1v) is 12.1. The number of hydrogen-bond donors (Lipinski definition) is 2. The molecular weight excluding hydrogens is 390 g/mol. The summed E-state index contributed by atoms with van der Waals surface area (Å²) in [6, 6.07) is 31.4. The molecular formula is C29H35N3+2. The summed E-state index contributed by atoms with van der Waals surface area (Å²) in [7, 11) is 0. The molecule has 0 bridgehead atoms. The third kappa shape index (κ3) is 4.50. The topological polar surface area (TPSA) is 13.8 Å². The fourth-order valence-electron chi connectivity index (χ4n) is 5.53. The van der Waals surface area contributed by atoms with E-state index in [1.54, 1.807) is 9.80 Å². The van der Waals surface area contributed by atoms with Crippen LogP contribution < -0.4 is 9.80 Å². The van der Waals surface area contributed by atoms with Gasteiger partial charge >= 0.3 is 0 Å². The molecule has 5 rings (SSSR count). The van der Waals surface area contributed by atoms with Gasteiger partial charge in [0.2, 0.25) is 0 Å². The number of piperazine rings is 1. The molecule has 3 aromatic carbocycles. The molecule has 32 heavy (non-hydrogen) atoms. The lowest BCUT2D eigenvalue weighted by atomic mass is 9.96. The molecule has 1 aliphatic rings. The smallest absolute Gasteiger partial charge is 0.139 e. The van der Waals surface area contributed by atoms with E-state index in [4.69, 9.17) is 0 Å². The molecule has 164 valence electrons. The van der Waals surface area contributed by atoms with Gasteiger partial charge in [0.1, 0.15) is 32.2 Å². The largest absolute Gasteiger partial charge is 0.347 e. The van der Waals surface area contributed by atoms with Gasteiger partial charge in [-0.1, -0.05) is 78.9 Å². The highest BCUT2D eigenvalue weighted by Gasteiger charge is 2.31. The number of benzene rings is 3. The van der Waals surface area contributed by atoms with Crippen molar-refractivity contribution in [3.8, 4) is 0 Å². The Morgan fingerprint density at radius 2 is 1.34 bits per heavy atom. The number of nitrogens with zero attached hydrogens (tertiary/aromatic N) is 1. The predicted molar refractivity (Wildman–Crippen MR) is 132 cm³/mol. The maximum absolute atomic E-state index is 2.45. The highest BCUT2D eigenvalue weighted by Crippen LogP contribution is 2.21. The van der Waals surface area contributed by atoms with Crippen LogP contribution in [0, 0.1) is 6.92 Å². The van der Waals surface area contributed by atoms with Crippen molar-refractivity contribution in [3.63, 3.8) is 0 Å². The Bertz CT molecular complexity index is 1090. The number of quaternary nitrogens is 2. The van der Waals surface area contributed by atoms with Crippen LogP contribution in [-0.4, -0.2) is 37.3 Å². The van der Waals surface area contributed by atoms with Gasteiger partial charge in [-0.2, -0.15) is 0 Å². The van der Waals surface area contributed by atoms with Gasteiger partial charge in [-0.25, -0.2) is 0 Å². The Balaban J connectivity index is 1.19. The summed E-state index contributed by atoms with van der Waals surface area (Å²) in [5.74, 6) is 0. The molecule has 1 fully saturated rings. The Morgan fingerprint density at radius 1 is 0.750 bits per heavy atom. The fourth-order valence-corrected chi connectivity index (χ4v) is 5.53. The molecule has 3 nitrogen and oxygen atoms in total. The normalized spacial score (nSPS) is 18.9. The van der Waals surface area contributed by atoms with E-state index in [0.29, 0.717) is 6.04 Å². The van der Waals surface area contributed by atoms with Gasteiger partial charge < -0.3 is 14.4 Å². The Morgan fingerprint density at radius 3 is 2.00 bits per heavy atom. The van der Waals surface area contributed by atoms with E-state index < -0.39 is 0 Å². The van der Waals surface area contributed by atoms with Crippen molar-refractivity contribution in [3.05, 3.63) is 108 Å². The van der Waals surface area contributed by atoms with Gasteiger partial charge in [-0.15, -0.1) is 0 Å².